The van der Waals surface area contributed by atoms with Crippen molar-refractivity contribution in [2.75, 3.05) is 11.4 Å². The second kappa shape index (κ2) is 8.45. The summed E-state index contributed by atoms with van der Waals surface area (Å²) < 4.78 is 5.05. The molecule has 4 aromatic rings. The maximum Gasteiger partial charge on any atom is 0.290 e. The van der Waals surface area contributed by atoms with Crippen LogP contribution in [0.4, 0.5) is 5.69 Å². The first-order valence-corrected chi connectivity index (χ1v) is 11.8. The Morgan fingerprint density at radius 2 is 1.79 bits per heavy atom. The number of nitrogens with one attached hydrogen (secondary N) is 1. The number of hydrogen-bond donors (Lipinski definition) is 1. The summed E-state index contributed by atoms with van der Waals surface area (Å²) in [6.07, 6.45) is 6.90. The van der Waals surface area contributed by atoms with E-state index in [1.165, 1.54) is 39.7 Å². The summed E-state index contributed by atoms with van der Waals surface area (Å²) in [6.45, 7) is 3.17. The van der Waals surface area contributed by atoms with Gasteiger partial charge in [0.1, 0.15) is 0 Å². The van der Waals surface area contributed by atoms with Crippen molar-refractivity contribution in [1.82, 2.24) is 15.5 Å². The summed E-state index contributed by atoms with van der Waals surface area (Å²) >= 11 is 0. The van der Waals surface area contributed by atoms with Crippen molar-refractivity contribution in [2.24, 2.45) is 0 Å². The molecule has 1 N–H and O–H groups in total. The Bertz CT molecular complexity index is 1320. The summed E-state index contributed by atoms with van der Waals surface area (Å²) in [5.41, 5.74) is 7.70. The molecule has 1 amide bonds. The lowest BCUT2D eigenvalue weighted by atomic mass is 9.85. The number of aromatic nitrogens is 2. The third-order valence-corrected chi connectivity index (χ3v) is 7.24. The van der Waals surface area contributed by atoms with Gasteiger partial charge >= 0.3 is 0 Å². The molecule has 6 rings (SSSR count). The Hall–Kier alpha value is -3.93. The van der Waals surface area contributed by atoms with Crippen LogP contribution in [0.5, 0.6) is 0 Å². The van der Waals surface area contributed by atoms with Crippen LogP contribution in [0.15, 0.2) is 83.8 Å². The van der Waals surface area contributed by atoms with Crippen molar-refractivity contribution in [1.29, 1.82) is 0 Å². The van der Waals surface area contributed by atoms with Crippen LogP contribution in [0.3, 0.4) is 0 Å². The second-order valence-electron chi connectivity index (χ2n) is 9.14. The smallest absolute Gasteiger partial charge is 0.290 e. The molecule has 4 heterocycles. The standard InChI is InChI=1S/C28H26N4O2/c1-18-22-4-2-3-5-23(22)26-17-21(31-28(33)27-10-14-30-34-27)11-15-32(26)25-7-6-20(16-24(18)25)19-8-12-29-13-9-19/h2-10,12-14,16,18,21,26H,11,15,17H2,1H3,(H,31,33)/t18-,21-,26-/m1/s1. The molecule has 6 nitrogen and oxygen atoms in total. The number of amides is 1. The van der Waals surface area contributed by atoms with E-state index >= 15 is 0 Å². The normalized spacial score (nSPS) is 21.1. The fourth-order valence-corrected chi connectivity index (χ4v) is 5.53. The molecule has 1 saturated heterocycles. The van der Waals surface area contributed by atoms with Crippen LogP contribution in [0.2, 0.25) is 0 Å². The van der Waals surface area contributed by atoms with Gasteiger partial charge in [0.05, 0.1) is 12.2 Å². The highest BCUT2D eigenvalue weighted by molar-refractivity contribution is 5.91. The quantitative estimate of drug-likeness (QED) is 0.456. The largest absolute Gasteiger partial charge is 0.364 e. The monoisotopic (exact) mass is 450 g/mol. The van der Waals surface area contributed by atoms with Gasteiger partial charge < -0.3 is 14.7 Å². The lowest BCUT2D eigenvalue weighted by Gasteiger charge is -2.41. The van der Waals surface area contributed by atoms with Crippen LogP contribution >= 0.6 is 0 Å². The molecule has 0 aliphatic carbocycles. The molecule has 170 valence electrons. The van der Waals surface area contributed by atoms with E-state index in [2.05, 4.69) is 81.9 Å². The van der Waals surface area contributed by atoms with Crippen LogP contribution in [0.1, 0.15) is 59.0 Å². The third kappa shape index (κ3) is 3.55. The van der Waals surface area contributed by atoms with Crippen molar-refractivity contribution >= 4 is 11.6 Å². The number of pyridine rings is 1. The maximum absolute atomic E-state index is 12.6. The highest BCUT2D eigenvalue weighted by Gasteiger charge is 2.37. The van der Waals surface area contributed by atoms with Crippen LogP contribution < -0.4 is 10.2 Å². The highest BCUT2D eigenvalue weighted by Crippen LogP contribution is 2.47. The Morgan fingerprint density at radius 3 is 2.59 bits per heavy atom. The highest BCUT2D eigenvalue weighted by atomic mass is 16.5. The third-order valence-electron chi connectivity index (χ3n) is 7.24. The predicted octanol–water partition coefficient (Wildman–Crippen LogP) is 5.34. The SMILES string of the molecule is C[C@@H]1c2ccccc2[C@H]2C[C@H](NC(=O)c3ccno3)CCN2c2ccc(-c3ccncc3)cc21. The van der Waals surface area contributed by atoms with Crippen molar-refractivity contribution < 1.29 is 9.32 Å². The van der Waals surface area contributed by atoms with Crippen molar-refractivity contribution in [3.8, 4) is 11.1 Å². The van der Waals surface area contributed by atoms with Gasteiger partial charge in [-0.05, 0) is 64.9 Å². The minimum absolute atomic E-state index is 0.0693. The van der Waals surface area contributed by atoms with E-state index < -0.39 is 0 Å². The molecule has 34 heavy (non-hydrogen) atoms. The number of nitrogens with zero attached hydrogens (tertiary/aromatic N) is 3. The molecule has 0 unspecified atom stereocenters. The first-order valence-electron chi connectivity index (χ1n) is 11.8. The summed E-state index contributed by atoms with van der Waals surface area (Å²) in [5.74, 6) is 0.320. The fraction of sp³-hybridized carbons (Fsp3) is 0.250. The molecule has 0 spiro atoms. The van der Waals surface area contributed by atoms with E-state index in [9.17, 15) is 4.79 Å². The van der Waals surface area contributed by atoms with Gasteiger partial charge in [0.25, 0.3) is 5.91 Å². The van der Waals surface area contributed by atoms with E-state index in [0.29, 0.717) is 0 Å². The number of hydrogen-bond acceptors (Lipinski definition) is 5. The van der Waals surface area contributed by atoms with Crippen LogP contribution in [0.25, 0.3) is 11.1 Å². The summed E-state index contributed by atoms with van der Waals surface area (Å²) in [7, 11) is 0. The molecule has 1 fully saturated rings. The first-order chi connectivity index (χ1) is 16.7. The van der Waals surface area contributed by atoms with E-state index in [4.69, 9.17) is 4.52 Å². The van der Waals surface area contributed by atoms with Gasteiger partial charge in [0, 0.05) is 42.7 Å². The van der Waals surface area contributed by atoms with Gasteiger partial charge in [-0.25, -0.2) is 0 Å². The van der Waals surface area contributed by atoms with Gasteiger partial charge in [-0.15, -0.1) is 0 Å². The molecular formula is C28H26N4O2. The molecule has 2 aliphatic rings. The molecule has 0 bridgehead atoms. The van der Waals surface area contributed by atoms with Gasteiger partial charge in [-0.2, -0.15) is 0 Å². The second-order valence-corrected chi connectivity index (χ2v) is 9.14. The molecule has 2 aliphatic heterocycles. The average molecular weight is 451 g/mol. The molecule has 0 saturated carbocycles. The number of fused-ring (bicyclic) bond motifs is 5. The van der Waals surface area contributed by atoms with E-state index in [-0.39, 0.29) is 29.7 Å². The molecule has 2 aromatic carbocycles. The lowest BCUT2D eigenvalue weighted by molar-refractivity contribution is 0.0890. The Kier molecular flexibility index (Phi) is 5.13. The van der Waals surface area contributed by atoms with Crippen LogP contribution in [0, 0.1) is 0 Å². The minimum atomic E-state index is -0.200. The topological polar surface area (TPSA) is 71.3 Å². The lowest BCUT2D eigenvalue weighted by Crippen LogP contribution is -2.46. The zero-order valence-electron chi connectivity index (χ0n) is 19.0. The zero-order valence-corrected chi connectivity index (χ0v) is 19.0. The number of rotatable bonds is 3. The predicted molar refractivity (Wildman–Crippen MR) is 131 cm³/mol. The van der Waals surface area contributed by atoms with Gasteiger partial charge in [0.15, 0.2) is 0 Å². The Balaban J connectivity index is 1.38. The number of piperidine rings is 1. The number of carbonyl (C=O) groups excluding carboxylic acids is 1. The molecule has 6 heteroatoms. The van der Waals surface area contributed by atoms with Gasteiger partial charge in [-0.1, -0.05) is 42.4 Å². The van der Waals surface area contributed by atoms with E-state index in [1.54, 1.807) is 6.07 Å². The van der Waals surface area contributed by atoms with E-state index in [1.807, 2.05) is 12.4 Å². The van der Waals surface area contributed by atoms with E-state index in [0.717, 1.165) is 19.4 Å². The van der Waals surface area contributed by atoms with Crippen molar-refractivity contribution in [3.63, 3.8) is 0 Å². The summed E-state index contributed by atoms with van der Waals surface area (Å²) in [5, 5.41) is 6.82. The molecule has 2 aromatic heterocycles. The van der Waals surface area contributed by atoms with Gasteiger partial charge in [-0.3, -0.25) is 9.78 Å². The summed E-state index contributed by atoms with van der Waals surface area (Å²) in [4.78, 5) is 19.3. The summed E-state index contributed by atoms with van der Waals surface area (Å²) in [6, 6.07) is 21.6. The van der Waals surface area contributed by atoms with Crippen molar-refractivity contribution in [3.05, 3.63) is 102 Å². The molecular weight excluding hydrogens is 424 g/mol. The van der Waals surface area contributed by atoms with Crippen molar-refractivity contribution in [2.45, 2.75) is 37.8 Å². The first kappa shape index (κ1) is 20.7. The van der Waals surface area contributed by atoms with Crippen LogP contribution in [-0.2, 0) is 0 Å². The molecule has 0 radical (unpaired) electrons. The maximum atomic E-state index is 12.6. The Labute approximate surface area is 198 Å². The van der Waals surface area contributed by atoms with Crippen LogP contribution in [-0.4, -0.2) is 28.6 Å². The number of anilines is 1. The minimum Gasteiger partial charge on any atom is -0.364 e. The average Bonchev–Trinajstić information content (AvgIpc) is 3.41. The number of carbonyl (C=O) groups is 1. The van der Waals surface area contributed by atoms with Gasteiger partial charge in [0.2, 0.25) is 5.76 Å². The zero-order chi connectivity index (χ0) is 23.1. The molecule has 3 atom stereocenters. The number of benzene rings is 2. The fourth-order valence-electron chi connectivity index (χ4n) is 5.53. The Morgan fingerprint density at radius 1 is 0.971 bits per heavy atom.